The van der Waals surface area contributed by atoms with Crippen molar-refractivity contribution in [3.63, 3.8) is 0 Å². The van der Waals surface area contributed by atoms with Gasteiger partial charge in [-0.1, -0.05) is 12.1 Å². The number of carbonyl (C=O) groups excluding carboxylic acids is 1. The summed E-state index contributed by atoms with van der Waals surface area (Å²) in [4.78, 5) is 14.4. The molecule has 1 unspecified atom stereocenters. The lowest BCUT2D eigenvalue weighted by Gasteiger charge is -2.32. The first-order valence-corrected chi connectivity index (χ1v) is 7.95. The number of halogens is 1. The first kappa shape index (κ1) is 14.5. The van der Waals surface area contributed by atoms with Gasteiger partial charge in [-0.2, -0.15) is 0 Å². The largest absolute Gasteiger partial charge is 0.356 e. The molecule has 21 heavy (non-hydrogen) atoms. The van der Waals surface area contributed by atoms with E-state index in [9.17, 15) is 9.18 Å². The molecular weight excluding hydrogens is 267 g/mol. The van der Waals surface area contributed by atoms with Crippen LogP contribution in [0.4, 0.5) is 4.39 Å². The Hall–Kier alpha value is -1.42. The Morgan fingerprint density at radius 2 is 2.19 bits per heavy atom. The zero-order chi connectivity index (χ0) is 14.7. The minimum atomic E-state index is -0.191. The molecule has 0 spiro atoms. The van der Waals surface area contributed by atoms with Gasteiger partial charge in [-0.15, -0.1) is 0 Å². The maximum absolute atomic E-state index is 13.2. The molecule has 1 saturated heterocycles. The topological polar surface area (TPSA) is 32.3 Å². The fourth-order valence-electron chi connectivity index (χ4n) is 3.02. The number of hydrogen-bond donors (Lipinski definition) is 1. The van der Waals surface area contributed by atoms with E-state index in [-0.39, 0.29) is 17.6 Å². The Kier molecular flexibility index (Phi) is 4.54. The number of amides is 1. The van der Waals surface area contributed by atoms with Crippen LogP contribution in [0.5, 0.6) is 0 Å². The molecular formula is C17H23FN2O. The van der Waals surface area contributed by atoms with Gasteiger partial charge in [0, 0.05) is 19.6 Å². The lowest BCUT2D eigenvalue weighted by Crippen LogP contribution is -2.43. The van der Waals surface area contributed by atoms with E-state index < -0.39 is 0 Å². The van der Waals surface area contributed by atoms with Gasteiger partial charge in [-0.3, -0.25) is 9.69 Å². The molecule has 1 aliphatic heterocycles. The summed E-state index contributed by atoms with van der Waals surface area (Å²) in [5, 5.41) is 3.08. The van der Waals surface area contributed by atoms with Gasteiger partial charge in [0.2, 0.25) is 5.91 Å². The van der Waals surface area contributed by atoms with Crippen molar-refractivity contribution in [2.75, 3.05) is 19.6 Å². The van der Waals surface area contributed by atoms with E-state index in [2.05, 4.69) is 10.2 Å². The lowest BCUT2D eigenvalue weighted by atomic mass is 9.96. The quantitative estimate of drug-likeness (QED) is 0.904. The van der Waals surface area contributed by atoms with Gasteiger partial charge in [-0.05, 0) is 55.8 Å². The standard InChI is InChI=1S/C17H23FN2O/c18-16-5-1-3-14(9-16)11-20-8-2-4-15(12-20)17(21)19-10-13-6-7-13/h1,3,5,9,13,15H,2,4,6-8,10-12H2,(H,19,21). The normalized spacial score (nSPS) is 23.0. The molecule has 0 bridgehead atoms. The smallest absolute Gasteiger partial charge is 0.224 e. The molecule has 1 saturated carbocycles. The molecule has 0 radical (unpaired) electrons. The van der Waals surface area contributed by atoms with Gasteiger partial charge in [0.15, 0.2) is 0 Å². The van der Waals surface area contributed by atoms with Crippen molar-refractivity contribution in [1.82, 2.24) is 10.2 Å². The maximum atomic E-state index is 13.2. The summed E-state index contributed by atoms with van der Waals surface area (Å²) in [6.45, 7) is 3.35. The Bertz CT molecular complexity index is 501. The van der Waals surface area contributed by atoms with Crippen LogP contribution in [0.2, 0.25) is 0 Å². The Morgan fingerprint density at radius 1 is 1.33 bits per heavy atom. The van der Waals surface area contributed by atoms with E-state index in [0.717, 1.165) is 50.5 Å². The lowest BCUT2D eigenvalue weighted by molar-refractivity contribution is -0.126. The monoisotopic (exact) mass is 290 g/mol. The van der Waals surface area contributed by atoms with E-state index in [1.807, 2.05) is 6.07 Å². The number of rotatable bonds is 5. The summed E-state index contributed by atoms with van der Waals surface area (Å²) in [5.74, 6) is 0.820. The highest BCUT2D eigenvalue weighted by Crippen LogP contribution is 2.28. The van der Waals surface area contributed by atoms with Gasteiger partial charge in [0.05, 0.1) is 5.92 Å². The van der Waals surface area contributed by atoms with Crippen LogP contribution in [0.15, 0.2) is 24.3 Å². The molecule has 3 nitrogen and oxygen atoms in total. The van der Waals surface area contributed by atoms with Crippen molar-refractivity contribution in [3.8, 4) is 0 Å². The minimum Gasteiger partial charge on any atom is -0.356 e. The predicted octanol–water partition coefficient (Wildman–Crippen LogP) is 2.56. The Morgan fingerprint density at radius 3 is 2.95 bits per heavy atom. The van der Waals surface area contributed by atoms with E-state index in [1.165, 1.54) is 18.9 Å². The first-order chi connectivity index (χ1) is 10.2. The third-order valence-electron chi connectivity index (χ3n) is 4.43. The summed E-state index contributed by atoms with van der Waals surface area (Å²) in [6, 6.07) is 6.74. The number of nitrogens with zero attached hydrogens (tertiary/aromatic N) is 1. The summed E-state index contributed by atoms with van der Waals surface area (Å²) in [7, 11) is 0. The molecule has 1 heterocycles. The number of carbonyl (C=O) groups is 1. The third-order valence-corrected chi connectivity index (χ3v) is 4.43. The SMILES string of the molecule is O=C(NCC1CC1)C1CCCN(Cc2cccc(F)c2)C1. The van der Waals surface area contributed by atoms with Crippen LogP contribution in [0.3, 0.4) is 0 Å². The van der Waals surface area contributed by atoms with Crippen molar-refractivity contribution in [1.29, 1.82) is 0 Å². The highest BCUT2D eigenvalue weighted by molar-refractivity contribution is 5.79. The summed E-state index contributed by atoms with van der Waals surface area (Å²) in [5.41, 5.74) is 0.981. The van der Waals surface area contributed by atoms with Crippen LogP contribution >= 0.6 is 0 Å². The van der Waals surface area contributed by atoms with Crippen molar-refractivity contribution in [2.24, 2.45) is 11.8 Å². The number of benzene rings is 1. The maximum Gasteiger partial charge on any atom is 0.224 e. The highest BCUT2D eigenvalue weighted by atomic mass is 19.1. The average Bonchev–Trinajstić information content (AvgIpc) is 3.29. The molecule has 1 N–H and O–H groups in total. The van der Waals surface area contributed by atoms with E-state index in [1.54, 1.807) is 12.1 Å². The van der Waals surface area contributed by atoms with Crippen molar-refractivity contribution in [2.45, 2.75) is 32.2 Å². The zero-order valence-corrected chi connectivity index (χ0v) is 12.4. The molecule has 2 fully saturated rings. The van der Waals surface area contributed by atoms with Crippen LogP contribution in [-0.2, 0) is 11.3 Å². The van der Waals surface area contributed by atoms with Crippen molar-refractivity contribution >= 4 is 5.91 Å². The summed E-state index contributed by atoms with van der Waals surface area (Å²) >= 11 is 0. The fourth-order valence-corrected chi connectivity index (χ4v) is 3.02. The molecule has 1 atom stereocenters. The second-order valence-electron chi connectivity index (χ2n) is 6.39. The third kappa shape index (κ3) is 4.27. The van der Waals surface area contributed by atoms with Crippen LogP contribution in [-0.4, -0.2) is 30.4 Å². The second kappa shape index (κ2) is 6.56. The van der Waals surface area contributed by atoms with E-state index >= 15 is 0 Å². The van der Waals surface area contributed by atoms with Crippen LogP contribution < -0.4 is 5.32 Å². The second-order valence-corrected chi connectivity index (χ2v) is 6.39. The van der Waals surface area contributed by atoms with Gasteiger partial charge in [0.1, 0.15) is 5.82 Å². The number of nitrogens with one attached hydrogen (secondary N) is 1. The molecule has 4 heteroatoms. The Labute approximate surface area is 125 Å². The zero-order valence-electron chi connectivity index (χ0n) is 12.4. The molecule has 1 aliphatic carbocycles. The molecule has 1 amide bonds. The number of hydrogen-bond acceptors (Lipinski definition) is 2. The van der Waals surface area contributed by atoms with E-state index in [0.29, 0.717) is 0 Å². The van der Waals surface area contributed by atoms with Gasteiger partial charge < -0.3 is 5.32 Å². The van der Waals surface area contributed by atoms with Gasteiger partial charge in [0.25, 0.3) is 0 Å². The van der Waals surface area contributed by atoms with Crippen LogP contribution in [0.25, 0.3) is 0 Å². The summed E-state index contributed by atoms with van der Waals surface area (Å²) < 4.78 is 13.2. The predicted molar refractivity (Wildman–Crippen MR) is 80.1 cm³/mol. The number of likely N-dealkylation sites (tertiary alicyclic amines) is 1. The van der Waals surface area contributed by atoms with Crippen LogP contribution in [0, 0.1) is 17.7 Å². The molecule has 1 aromatic rings. The molecule has 2 aliphatic rings. The summed E-state index contributed by atoms with van der Waals surface area (Å²) in [6.07, 6.45) is 4.53. The number of piperidine rings is 1. The molecule has 114 valence electrons. The molecule has 3 rings (SSSR count). The molecule has 0 aromatic heterocycles. The fraction of sp³-hybridized carbons (Fsp3) is 0.588. The van der Waals surface area contributed by atoms with Gasteiger partial charge in [-0.25, -0.2) is 4.39 Å². The Balaban J connectivity index is 1.51. The van der Waals surface area contributed by atoms with Crippen LogP contribution in [0.1, 0.15) is 31.2 Å². The van der Waals surface area contributed by atoms with Crippen molar-refractivity contribution < 1.29 is 9.18 Å². The molecule has 1 aromatic carbocycles. The highest BCUT2D eigenvalue weighted by Gasteiger charge is 2.27. The van der Waals surface area contributed by atoms with Gasteiger partial charge >= 0.3 is 0 Å². The van der Waals surface area contributed by atoms with E-state index in [4.69, 9.17) is 0 Å². The minimum absolute atomic E-state index is 0.0889. The van der Waals surface area contributed by atoms with Crippen molar-refractivity contribution in [3.05, 3.63) is 35.6 Å². The average molecular weight is 290 g/mol. The first-order valence-electron chi connectivity index (χ1n) is 7.95.